The molecule has 19 heavy (non-hydrogen) atoms. The fourth-order valence-corrected chi connectivity index (χ4v) is 3.56. The van der Waals surface area contributed by atoms with E-state index < -0.39 is 5.41 Å². The number of rotatable bonds is 5. The maximum Gasteiger partial charge on any atom is 0.0550 e. The van der Waals surface area contributed by atoms with E-state index in [2.05, 4.69) is 15.9 Å². The van der Waals surface area contributed by atoms with E-state index in [1.807, 2.05) is 24.3 Å². The second-order valence-corrected chi connectivity index (χ2v) is 6.19. The van der Waals surface area contributed by atoms with Crippen molar-refractivity contribution in [1.29, 1.82) is 0 Å². The standard InChI is InChI=1S/C15H21BrO3/c16-14-4-2-1-3-13(14)15(10-17,11-18)9-12-5-7-19-8-6-12/h1-4,12,17-18H,5-11H2. The smallest absolute Gasteiger partial charge is 0.0550 e. The SMILES string of the molecule is OCC(CO)(CC1CCOCC1)c1ccccc1Br. The van der Waals surface area contributed by atoms with Crippen molar-refractivity contribution in [3.05, 3.63) is 34.3 Å². The Kier molecular flexibility index (Phi) is 5.39. The Balaban J connectivity index is 2.23. The van der Waals surface area contributed by atoms with Crippen LogP contribution in [0, 0.1) is 5.92 Å². The van der Waals surface area contributed by atoms with Crippen molar-refractivity contribution < 1.29 is 14.9 Å². The molecule has 1 aromatic rings. The molecule has 106 valence electrons. The van der Waals surface area contributed by atoms with Crippen molar-refractivity contribution in [3.63, 3.8) is 0 Å². The molecule has 1 fully saturated rings. The van der Waals surface area contributed by atoms with Crippen molar-refractivity contribution >= 4 is 15.9 Å². The summed E-state index contributed by atoms with van der Waals surface area (Å²) in [5.74, 6) is 0.500. The van der Waals surface area contributed by atoms with Crippen molar-refractivity contribution in [2.24, 2.45) is 5.92 Å². The van der Waals surface area contributed by atoms with E-state index in [0.717, 1.165) is 42.5 Å². The Labute approximate surface area is 122 Å². The molecule has 1 heterocycles. The van der Waals surface area contributed by atoms with Gasteiger partial charge in [-0.3, -0.25) is 0 Å². The molecule has 0 spiro atoms. The second kappa shape index (κ2) is 6.84. The van der Waals surface area contributed by atoms with E-state index in [-0.39, 0.29) is 13.2 Å². The summed E-state index contributed by atoms with van der Waals surface area (Å²) in [5, 5.41) is 19.7. The minimum Gasteiger partial charge on any atom is -0.395 e. The summed E-state index contributed by atoms with van der Waals surface area (Å²) in [6.45, 7) is 1.49. The molecule has 1 aliphatic rings. The van der Waals surface area contributed by atoms with Gasteiger partial charge < -0.3 is 14.9 Å². The third-order valence-electron chi connectivity index (χ3n) is 4.07. The summed E-state index contributed by atoms with van der Waals surface area (Å²) in [4.78, 5) is 0. The lowest BCUT2D eigenvalue weighted by Gasteiger charge is -2.36. The molecular weight excluding hydrogens is 308 g/mol. The van der Waals surface area contributed by atoms with Gasteiger partial charge in [-0.05, 0) is 36.8 Å². The van der Waals surface area contributed by atoms with Gasteiger partial charge in [0, 0.05) is 23.1 Å². The maximum absolute atomic E-state index is 9.87. The van der Waals surface area contributed by atoms with Gasteiger partial charge in [0.15, 0.2) is 0 Å². The average Bonchev–Trinajstić information content (AvgIpc) is 2.47. The quantitative estimate of drug-likeness (QED) is 0.873. The molecule has 3 nitrogen and oxygen atoms in total. The predicted octanol–water partition coefficient (Wildman–Crippen LogP) is 2.49. The van der Waals surface area contributed by atoms with Crippen molar-refractivity contribution in [1.82, 2.24) is 0 Å². The molecule has 0 radical (unpaired) electrons. The fraction of sp³-hybridized carbons (Fsp3) is 0.600. The third kappa shape index (κ3) is 3.37. The topological polar surface area (TPSA) is 49.7 Å². The summed E-state index contributed by atoms with van der Waals surface area (Å²) >= 11 is 3.53. The first-order chi connectivity index (χ1) is 9.22. The van der Waals surface area contributed by atoms with Crippen LogP contribution in [0.15, 0.2) is 28.7 Å². The van der Waals surface area contributed by atoms with E-state index in [9.17, 15) is 10.2 Å². The van der Waals surface area contributed by atoms with Crippen molar-refractivity contribution in [2.45, 2.75) is 24.7 Å². The fourth-order valence-electron chi connectivity index (χ4n) is 2.85. The van der Waals surface area contributed by atoms with Crippen LogP contribution in [0.1, 0.15) is 24.8 Å². The van der Waals surface area contributed by atoms with Gasteiger partial charge >= 0.3 is 0 Å². The molecule has 4 heteroatoms. The normalized spacial score (nSPS) is 17.6. The predicted molar refractivity (Wildman–Crippen MR) is 78.2 cm³/mol. The second-order valence-electron chi connectivity index (χ2n) is 5.34. The molecule has 0 saturated carbocycles. The molecule has 1 aromatic carbocycles. The average molecular weight is 329 g/mol. The molecule has 1 saturated heterocycles. The summed E-state index contributed by atoms with van der Waals surface area (Å²) < 4.78 is 6.33. The highest BCUT2D eigenvalue weighted by molar-refractivity contribution is 9.10. The first-order valence-corrected chi connectivity index (χ1v) is 7.55. The highest BCUT2D eigenvalue weighted by Gasteiger charge is 2.35. The van der Waals surface area contributed by atoms with E-state index >= 15 is 0 Å². The summed E-state index contributed by atoms with van der Waals surface area (Å²) in [5.41, 5.74) is 0.425. The zero-order valence-electron chi connectivity index (χ0n) is 11.0. The van der Waals surface area contributed by atoms with E-state index in [0.29, 0.717) is 5.92 Å². The van der Waals surface area contributed by atoms with Crippen molar-refractivity contribution in [2.75, 3.05) is 26.4 Å². The number of halogens is 1. The summed E-state index contributed by atoms with van der Waals surface area (Å²) in [6, 6.07) is 7.83. The molecule has 0 unspecified atom stereocenters. The van der Waals surface area contributed by atoms with Gasteiger partial charge in [-0.15, -0.1) is 0 Å². The van der Waals surface area contributed by atoms with Crippen LogP contribution >= 0.6 is 15.9 Å². The first-order valence-electron chi connectivity index (χ1n) is 6.76. The molecule has 1 aliphatic heterocycles. The lowest BCUT2D eigenvalue weighted by molar-refractivity contribution is 0.0352. The van der Waals surface area contributed by atoms with Crippen LogP contribution in [0.25, 0.3) is 0 Å². The lowest BCUT2D eigenvalue weighted by atomic mass is 9.73. The van der Waals surface area contributed by atoms with Crippen LogP contribution in [-0.2, 0) is 10.2 Å². The Hall–Kier alpha value is -0.420. The van der Waals surface area contributed by atoms with Crippen LogP contribution in [0.2, 0.25) is 0 Å². The van der Waals surface area contributed by atoms with Crippen LogP contribution in [0.3, 0.4) is 0 Å². The molecule has 2 N–H and O–H groups in total. The van der Waals surface area contributed by atoms with Gasteiger partial charge in [0.1, 0.15) is 0 Å². The first kappa shape index (κ1) is 15.0. The molecule has 2 rings (SSSR count). The molecule has 0 bridgehead atoms. The molecule has 0 aromatic heterocycles. The number of aliphatic hydroxyl groups excluding tert-OH is 2. The largest absolute Gasteiger partial charge is 0.395 e. The van der Waals surface area contributed by atoms with Crippen LogP contribution in [-0.4, -0.2) is 36.6 Å². The van der Waals surface area contributed by atoms with E-state index in [1.54, 1.807) is 0 Å². The minimum atomic E-state index is -0.567. The lowest BCUT2D eigenvalue weighted by Crippen LogP contribution is -2.38. The number of aliphatic hydroxyl groups is 2. The Bertz CT molecular complexity index is 398. The van der Waals surface area contributed by atoms with Gasteiger partial charge in [0.25, 0.3) is 0 Å². The highest BCUT2D eigenvalue weighted by atomic mass is 79.9. The number of benzene rings is 1. The number of ether oxygens (including phenoxy) is 1. The molecule has 0 aliphatic carbocycles. The zero-order valence-corrected chi connectivity index (χ0v) is 12.6. The minimum absolute atomic E-state index is 0.0382. The van der Waals surface area contributed by atoms with Crippen LogP contribution in [0.4, 0.5) is 0 Å². The number of hydrogen-bond donors (Lipinski definition) is 2. The van der Waals surface area contributed by atoms with E-state index in [4.69, 9.17) is 4.74 Å². The highest BCUT2D eigenvalue weighted by Crippen LogP contribution is 2.37. The Morgan fingerprint density at radius 1 is 1.16 bits per heavy atom. The van der Waals surface area contributed by atoms with Gasteiger partial charge in [-0.1, -0.05) is 34.1 Å². The van der Waals surface area contributed by atoms with Gasteiger partial charge in [0.2, 0.25) is 0 Å². The van der Waals surface area contributed by atoms with E-state index in [1.165, 1.54) is 0 Å². The molecular formula is C15H21BrO3. The summed E-state index contributed by atoms with van der Waals surface area (Å²) in [7, 11) is 0. The van der Waals surface area contributed by atoms with Gasteiger partial charge in [-0.25, -0.2) is 0 Å². The van der Waals surface area contributed by atoms with Crippen LogP contribution < -0.4 is 0 Å². The number of hydrogen-bond acceptors (Lipinski definition) is 3. The maximum atomic E-state index is 9.87. The monoisotopic (exact) mass is 328 g/mol. The summed E-state index contributed by atoms with van der Waals surface area (Å²) in [6.07, 6.45) is 2.81. The van der Waals surface area contributed by atoms with Crippen molar-refractivity contribution in [3.8, 4) is 0 Å². The Morgan fingerprint density at radius 2 is 1.79 bits per heavy atom. The third-order valence-corrected chi connectivity index (χ3v) is 4.76. The van der Waals surface area contributed by atoms with Crippen LogP contribution in [0.5, 0.6) is 0 Å². The molecule has 0 atom stereocenters. The van der Waals surface area contributed by atoms with Gasteiger partial charge in [0.05, 0.1) is 13.2 Å². The van der Waals surface area contributed by atoms with Gasteiger partial charge in [-0.2, -0.15) is 0 Å². The Morgan fingerprint density at radius 3 is 2.37 bits per heavy atom. The molecule has 0 amide bonds. The zero-order chi connectivity index (χ0) is 13.7.